The molecule has 158 valence electrons. The van der Waals surface area contributed by atoms with E-state index in [0.717, 1.165) is 11.1 Å². The molecule has 5 rings (SSSR count). The Hall–Kier alpha value is -3.41. The van der Waals surface area contributed by atoms with Crippen molar-refractivity contribution in [3.63, 3.8) is 0 Å². The summed E-state index contributed by atoms with van der Waals surface area (Å²) < 4.78 is 0. The van der Waals surface area contributed by atoms with Crippen molar-refractivity contribution >= 4 is 17.8 Å². The van der Waals surface area contributed by atoms with Crippen LogP contribution >= 0.6 is 0 Å². The summed E-state index contributed by atoms with van der Waals surface area (Å²) in [5, 5.41) is 3.12. The van der Waals surface area contributed by atoms with Gasteiger partial charge in [-0.2, -0.15) is 0 Å². The highest BCUT2D eigenvalue weighted by Crippen LogP contribution is 2.37. The number of urea groups is 1. The van der Waals surface area contributed by atoms with E-state index in [-0.39, 0.29) is 41.8 Å². The highest BCUT2D eigenvalue weighted by Gasteiger charge is 2.52. The van der Waals surface area contributed by atoms with Gasteiger partial charge in [0.2, 0.25) is 11.8 Å². The molecule has 2 aromatic rings. The van der Waals surface area contributed by atoms with Crippen LogP contribution in [0.15, 0.2) is 72.8 Å². The van der Waals surface area contributed by atoms with E-state index in [1.54, 1.807) is 4.90 Å². The fourth-order valence-electron chi connectivity index (χ4n) is 4.84. The topological polar surface area (TPSA) is 69.7 Å². The standard InChI is InChI=1S/C25H25N3O3/c29-23-20-13-7-8-14-21(20)24(30)28(23)19-15-27(16-19)25(31)26-22(17-9-3-1-4-10-17)18-11-5-2-6-12-18/h1-12,19-22H,13-16H2,(H,26,31). The van der Waals surface area contributed by atoms with Crippen LogP contribution in [0, 0.1) is 11.8 Å². The molecule has 0 bridgehead atoms. The summed E-state index contributed by atoms with van der Waals surface area (Å²) in [4.78, 5) is 41.6. The van der Waals surface area contributed by atoms with Crippen molar-refractivity contribution < 1.29 is 14.4 Å². The molecule has 2 fully saturated rings. The van der Waals surface area contributed by atoms with Crippen LogP contribution in [0.5, 0.6) is 0 Å². The zero-order chi connectivity index (χ0) is 21.4. The summed E-state index contributed by atoms with van der Waals surface area (Å²) in [5.74, 6) is -0.589. The molecule has 2 saturated heterocycles. The van der Waals surface area contributed by atoms with Crippen LogP contribution in [-0.2, 0) is 9.59 Å². The molecule has 31 heavy (non-hydrogen) atoms. The molecule has 2 atom stereocenters. The van der Waals surface area contributed by atoms with Gasteiger partial charge in [0.1, 0.15) is 0 Å². The zero-order valence-electron chi connectivity index (χ0n) is 17.2. The lowest BCUT2D eigenvalue weighted by atomic mass is 9.85. The van der Waals surface area contributed by atoms with Crippen LogP contribution in [0.1, 0.15) is 30.0 Å². The normalized spacial score (nSPS) is 23.1. The first-order valence-corrected chi connectivity index (χ1v) is 10.8. The van der Waals surface area contributed by atoms with E-state index >= 15 is 0 Å². The molecule has 6 heteroatoms. The predicted molar refractivity (Wildman–Crippen MR) is 116 cm³/mol. The highest BCUT2D eigenvalue weighted by molar-refractivity contribution is 6.06. The maximum absolute atomic E-state index is 13.0. The molecule has 2 aromatic carbocycles. The summed E-state index contributed by atoms with van der Waals surface area (Å²) in [6, 6.07) is 19.0. The van der Waals surface area contributed by atoms with Gasteiger partial charge in [-0.05, 0) is 24.0 Å². The second-order valence-corrected chi connectivity index (χ2v) is 8.46. The van der Waals surface area contributed by atoms with Crippen LogP contribution in [0.3, 0.4) is 0 Å². The van der Waals surface area contributed by atoms with Crippen LogP contribution in [0.4, 0.5) is 4.79 Å². The second-order valence-electron chi connectivity index (χ2n) is 8.46. The van der Waals surface area contributed by atoms with Gasteiger partial charge in [-0.25, -0.2) is 4.79 Å². The van der Waals surface area contributed by atoms with Crippen molar-refractivity contribution in [3.05, 3.63) is 83.9 Å². The Kier molecular flexibility index (Phi) is 5.06. The average Bonchev–Trinajstić information content (AvgIpc) is 3.03. The summed E-state index contributed by atoms with van der Waals surface area (Å²) >= 11 is 0. The number of amides is 4. The van der Waals surface area contributed by atoms with E-state index in [0.29, 0.717) is 25.9 Å². The molecule has 0 radical (unpaired) electrons. The lowest BCUT2D eigenvalue weighted by Gasteiger charge is -2.43. The number of allylic oxidation sites excluding steroid dienone is 2. The third-order valence-corrected chi connectivity index (χ3v) is 6.59. The number of benzene rings is 2. The Balaban J connectivity index is 1.26. The minimum atomic E-state index is -0.266. The maximum atomic E-state index is 13.0. The van der Waals surface area contributed by atoms with E-state index in [9.17, 15) is 14.4 Å². The lowest BCUT2D eigenvalue weighted by molar-refractivity contribution is -0.145. The van der Waals surface area contributed by atoms with Crippen molar-refractivity contribution in [1.82, 2.24) is 15.1 Å². The predicted octanol–water partition coefficient (Wildman–Crippen LogP) is 3.12. The Morgan fingerprint density at radius 3 is 1.77 bits per heavy atom. The summed E-state index contributed by atoms with van der Waals surface area (Å²) in [5.41, 5.74) is 2.00. The van der Waals surface area contributed by atoms with Gasteiger partial charge in [0.05, 0.1) is 23.9 Å². The highest BCUT2D eigenvalue weighted by atomic mass is 16.2. The largest absolute Gasteiger partial charge is 0.327 e. The summed E-state index contributed by atoms with van der Waals surface area (Å²) in [6.45, 7) is 0.763. The van der Waals surface area contributed by atoms with E-state index in [2.05, 4.69) is 5.32 Å². The first kappa shape index (κ1) is 19.5. The molecular formula is C25H25N3O3. The van der Waals surface area contributed by atoms with E-state index < -0.39 is 0 Å². The van der Waals surface area contributed by atoms with Gasteiger partial charge >= 0.3 is 6.03 Å². The summed E-state index contributed by atoms with van der Waals surface area (Å²) in [7, 11) is 0. The molecule has 1 aliphatic carbocycles. The number of nitrogens with zero attached hydrogens (tertiary/aromatic N) is 2. The minimum absolute atomic E-state index is 0.0733. The van der Waals surface area contributed by atoms with Crippen molar-refractivity contribution in [2.45, 2.75) is 24.9 Å². The van der Waals surface area contributed by atoms with Crippen LogP contribution in [0.25, 0.3) is 0 Å². The summed E-state index contributed by atoms with van der Waals surface area (Å²) in [6.07, 6.45) is 5.25. The number of imide groups is 1. The monoisotopic (exact) mass is 415 g/mol. The molecule has 0 aromatic heterocycles. The number of fused-ring (bicyclic) bond motifs is 1. The van der Waals surface area contributed by atoms with E-state index in [1.165, 1.54) is 4.90 Å². The third-order valence-electron chi connectivity index (χ3n) is 6.59. The quantitative estimate of drug-likeness (QED) is 0.616. The van der Waals surface area contributed by atoms with Gasteiger partial charge in [-0.15, -0.1) is 0 Å². The molecular weight excluding hydrogens is 390 g/mol. The van der Waals surface area contributed by atoms with Gasteiger partial charge < -0.3 is 10.2 Å². The molecule has 4 amide bonds. The number of rotatable bonds is 4. The molecule has 2 heterocycles. The molecule has 2 unspecified atom stereocenters. The fourth-order valence-corrected chi connectivity index (χ4v) is 4.84. The number of likely N-dealkylation sites (tertiary alicyclic amines) is 2. The number of hydrogen-bond acceptors (Lipinski definition) is 3. The smallest absolute Gasteiger partial charge is 0.318 e. The Labute approximate surface area is 181 Å². The number of hydrogen-bond donors (Lipinski definition) is 1. The Morgan fingerprint density at radius 2 is 1.29 bits per heavy atom. The minimum Gasteiger partial charge on any atom is -0.327 e. The first-order valence-electron chi connectivity index (χ1n) is 10.8. The average molecular weight is 415 g/mol. The third kappa shape index (κ3) is 3.52. The van der Waals surface area contributed by atoms with Crippen LogP contribution in [0.2, 0.25) is 0 Å². The van der Waals surface area contributed by atoms with Crippen molar-refractivity contribution in [3.8, 4) is 0 Å². The van der Waals surface area contributed by atoms with Gasteiger partial charge in [-0.1, -0.05) is 72.8 Å². The van der Waals surface area contributed by atoms with Gasteiger partial charge in [-0.3, -0.25) is 14.5 Å². The van der Waals surface area contributed by atoms with Crippen LogP contribution < -0.4 is 5.32 Å². The number of nitrogens with one attached hydrogen (secondary N) is 1. The number of carbonyl (C=O) groups is 3. The van der Waals surface area contributed by atoms with E-state index in [4.69, 9.17) is 0 Å². The molecule has 1 N–H and O–H groups in total. The number of carbonyl (C=O) groups excluding carboxylic acids is 3. The zero-order valence-corrected chi connectivity index (χ0v) is 17.2. The molecule has 3 aliphatic rings. The van der Waals surface area contributed by atoms with Crippen molar-refractivity contribution in [2.24, 2.45) is 11.8 Å². The molecule has 2 aliphatic heterocycles. The molecule has 0 spiro atoms. The lowest BCUT2D eigenvalue weighted by Crippen LogP contribution is -2.64. The molecule has 6 nitrogen and oxygen atoms in total. The fraction of sp³-hybridized carbons (Fsp3) is 0.320. The van der Waals surface area contributed by atoms with Gasteiger partial charge in [0.15, 0.2) is 0 Å². The maximum Gasteiger partial charge on any atom is 0.318 e. The first-order chi connectivity index (χ1) is 15.1. The Morgan fingerprint density at radius 1 is 0.806 bits per heavy atom. The van der Waals surface area contributed by atoms with Crippen LogP contribution in [-0.4, -0.2) is 46.8 Å². The van der Waals surface area contributed by atoms with Gasteiger partial charge in [0, 0.05) is 13.1 Å². The van der Waals surface area contributed by atoms with Gasteiger partial charge in [0.25, 0.3) is 0 Å². The van der Waals surface area contributed by atoms with Crippen molar-refractivity contribution in [2.75, 3.05) is 13.1 Å². The SMILES string of the molecule is O=C(NC(c1ccccc1)c1ccccc1)N1CC(N2C(=O)C3CC=CCC3C2=O)C1. The Bertz CT molecular complexity index is 949. The molecule has 0 saturated carbocycles. The van der Waals surface area contributed by atoms with E-state index in [1.807, 2.05) is 72.8 Å². The second kappa shape index (κ2) is 8.02. The van der Waals surface area contributed by atoms with Crippen molar-refractivity contribution in [1.29, 1.82) is 0 Å².